The summed E-state index contributed by atoms with van der Waals surface area (Å²) in [5.41, 5.74) is 1.54. The zero-order valence-electron chi connectivity index (χ0n) is 20.6. The summed E-state index contributed by atoms with van der Waals surface area (Å²) in [6, 6.07) is 3.17. The monoisotopic (exact) mass is 476 g/mol. The van der Waals surface area contributed by atoms with Gasteiger partial charge < -0.3 is 19.7 Å². The number of piperidine rings is 1. The normalized spacial score (nSPS) is 18.4. The molecule has 1 saturated heterocycles. The highest BCUT2D eigenvalue weighted by atomic mass is 32.2. The van der Waals surface area contributed by atoms with Crippen molar-refractivity contribution in [1.82, 2.24) is 10.2 Å². The predicted molar refractivity (Wildman–Crippen MR) is 130 cm³/mol. The van der Waals surface area contributed by atoms with Crippen molar-refractivity contribution in [2.24, 2.45) is 0 Å². The van der Waals surface area contributed by atoms with Gasteiger partial charge in [-0.05, 0) is 70.2 Å². The van der Waals surface area contributed by atoms with Crippen LogP contribution in [0.1, 0.15) is 67.9 Å². The highest BCUT2D eigenvalue weighted by Crippen LogP contribution is 2.41. The Morgan fingerprint density at radius 3 is 2.52 bits per heavy atom. The second-order valence-electron chi connectivity index (χ2n) is 10.1. The molecule has 1 aromatic rings. The SMILES string of the molecule is CSCCC(NC(=O)OC(C)(C)C)C(=O)N1CCC2(CC1)CC(=O)c1ccc(C)c(C)c1O2. The number of benzene rings is 1. The van der Waals surface area contributed by atoms with E-state index in [0.717, 1.165) is 16.9 Å². The van der Waals surface area contributed by atoms with Crippen LogP contribution < -0.4 is 10.1 Å². The van der Waals surface area contributed by atoms with Crippen molar-refractivity contribution >= 4 is 29.5 Å². The molecule has 2 aliphatic rings. The number of hydrogen-bond donors (Lipinski definition) is 1. The van der Waals surface area contributed by atoms with Gasteiger partial charge in [-0.15, -0.1) is 0 Å². The Kier molecular flexibility index (Phi) is 7.66. The van der Waals surface area contributed by atoms with Crippen LogP contribution in [0.15, 0.2) is 12.1 Å². The Labute approximate surface area is 200 Å². The van der Waals surface area contributed by atoms with Crippen LogP contribution >= 0.6 is 11.8 Å². The first-order valence-electron chi connectivity index (χ1n) is 11.5. The van der Waals surface area contributed by atoms with E-state index in [0.29, 0.717) is 50.1 Å². The molecular formula is C25H36N2O5S. The molecule has 0 aliphatic carbocycles. The third-order valence-electron chi connectivity index (χ3n) is 6.36. The van der Waals surface area contributed by atoms with E-state index < -0.39 is 23.3 Å². The van der Waals surface area contributed by atoms with Crippen LogP contribution in [0, 0.1) is 13.8 Å². The number of nitrogens with one attached hydrogen (secondary N) is 1. The van der Waals surface area contributed by atoms with Gasteiger partial charge in [0.05, 0.1) is 12.0 Å². The maximum Gasteiger partial charge on any atom is 0.408 e. The number of ketones is 1. The smallest absolute Gasteiger partial charge is 0.408 e. The second kappa shape index (κ2) is 9.95. The molecular weight excluding hydrogens is 440 g/mol. The van der Waals surface area contributed by atoms with Crippen LogP contribution in [0.3, 0.4) is 0 Å². The summed E-state index contributed by atoms with van der Waals surface area (Å²) in [7, 11) is 0. The molecule has 1 N–H and O–H groups in total. The summed E-state index contributed by atoms with van der Waals surface area (Å²) >= 11 is 1.63. The summed E-state index contributed by atoms with van der Waals surface area (Å²) in [6.45, 7) is 10.3. The van der Waals surface area contributed by atoms with E-state index in [1.54, 1.807) is 37.4 Å². The summed E-state index contributed by atoms with van der Waals surface area (Å²) in [5, 5.41) is 2.76. The first-order chi connectivity index (χ1) is 15.4. The summed E-state index contributed by atoms with van der Waals surface area (Å²) in [6.07, 6.45) is 3.41. The number of carbonyl (C=O) groups is 3. The van der Waals surface area contributed by atoms with Crippen molar-refractivity contribution in [2.45, 2.75) is 77.5 Å². The highest BCUT2D eigenvalue weighted by Gasteiger charge is 2.45. The molecule has 1 spiro atoms. The Bertz CT molecular complexity index is 916. The molecule has 0 saturated carbocycles. The minimum absolute atomic E-state index is 0.101. The number of rotatable bonds is 5. The number of fused-ring (bicyclic) bond motifs is 1. The highest BCUT2D eigenvalue weighted by molar-refractivity contribution is 7.98. The van der Waals surface area contributed by atoms with Crippen LogP contribution in [0.2, 0.25) is 0 Å². The Morgan fingerprint density at radius 1 is 1.24 bits per heavy atom. The van der Waals surface area contributed by atoms with Gasteiger partial charge in [0.2, 0.25) is 5.91 Å². The first-order valence-corrected chi connectivity index (χ1v) is 12.9. The van der Waals surface area contributed by atoms with E-state index in [-0.39, 0.29) is 11.7 Å². The van der Waals surface area contributed by atoms with Gasteiger partial charge >= 0.3 is 6.09 Å². The van der Waals surface area contributed by atoms with E-state index >= 15 is 0 Å². The van der Waals surface area contributed by atoms with Gasteiger partial charge in [-0.3, -0.25) is 9.59 Å². The number of likely N-dealkylation sites (tertiary alicyclic amines) is 1. The number of Topliss-reactive ketones (excluding diaryl/α,β-unsaturated/α-hetero) is 1. The number of alkyl carbamates (subject to hydrolysis) is 1. The molecule has 3 rings (SSSR count). The Hall–Kier alpha value is -2.22. The average Bonchev–Trinajstić information content (AvgIpc) is 2.73. The number of carbonyl (C=O) groups excluding carboxylic acids is 3. The lowest BCUT2D eigenvalue weighted by Gasteiger charge is -2.45. The average molecular weight is 477 g/mol. The predicted octanol–water partition coefficient (Wildman–Crippen LogP) is 4.28. The quantitative estimate of drug-likeness (QED) is 0.683. The molecule has 0 radical (unpaired) electrons. The van der Waals surface area contributed by atoms with Crippen LogP contribution in [-0.4, -0.2) is 65.0 Å². The van der Waals surface area contributed by atoms with Gasteiger partial charge in [0.25, 0.3) is 0 Å². The molecule has 2 amide bonds. The number of aryl methyl sites for hydroxylation is 1. The van der Waals surface area contributed by atoms with Crippen molar-refractivity contribution in [3.05, 3.63) is 28.8 Å². The molecule has 1 fully saturated rings. The molecule has 1 aromatic carbocycles. The minimum atomic E-state index is -0.638. The van der Waals surface area contributed by atoms with Crippen molar-refractivity contribution in [3.63, 3.8) is 0 Å². The van der Waals surface area contributed by atoms with Gasteiger partial charge in [-0.2, -0.15) is 11.8 Å². The lowest BCUT2D eigenvalue weighted by atomic mass is 9.81. The van der Waals surface area contributed by atoms with Gasteiger partial charge in [0, 0.05) is 25.9 Å². The van der Waals surface area contributed by atoms with Crippen LogP contribution in [-0.2, 0) is 9.53 Å². The second-order valence-corrected chi connectivity index (χ2v) is 11.1. The van der Waals surface area contributed by atoms with E-state index in [1.165, 1.54) is 0 Å². The van der Waals surface area contributed by atoms with Crippen molar-refractivity contribution in [1.29, 1.82) is 0 Å². The molecule has 8 heteroatoms. The van der Waals surface area contributed by atoms with Gasteiger partial charge in [0.1, 0.15) is 23.0 Å². The fraction of sp³-hybridized carbons (Fsp3) is 0.640. The largest absolute Gasteiger partial charge is 0.486 e. The molecule has 2 heterocycles. The Morgan fingerprint density at radius 2 is 1.91 bits per heavy atom. The first kappa shape index (κ1) is 25.4. The number of nitrogens with zero attached hydrogens (tertiary/aromatic N) is 1. The zero-order chi connectivity index (χ0) is 24.4. The van der Waals surface area contributed by atoms with E-state index in [9.17, 15) is 14.4 Å². The van der Waals surface area contributed by atoms with Crippen LogP contribution in [0.25, 0.3) is 0 Å². The summed E-state index contributed by atoms with van der Waals surface area (Å²) in [4.78, 5) is 40.2. The number of thioether (sulfide) groups is 1. The van der Waals surface area contributed by atoms with Crippen molar-refractivity contribution in [2.75, 3.05) is 25.1 Å². The molecule has 33 heavy (non-hydrogen) atoms. The lowest BCUT2D eigenvalue weighted by molar-refractivity contribution is -0.137. The Balaban J connectivity index is 1.68. The summed E-state index contributed by atoms with van der Waals surface area (Å²) < 4.78 is 11.8. The zero-order valence-corrected chi connectivity index (χ0v) is 21.4. The molecule has 1 atom stereocenters. The van der Waals surface area contributed by atoms with E-state index in [4.69, 9.17) is 9.47 Å². The van der Waals surface area contributed by atoms with Crippen LogP contribution in [0.5, 0.6) is 5.75 Å². The molecule has 2 aliphatic heterocycles. The molecule has 182 valence electrons. The van der Waals surface area contributed by atoms with E-state index in [2.05, 4.69) is 5.32 Å². The molecule has 7 nitrogen and oxygen atoms in total. The standard InChI is InChI=1S/C25H36N2O5S/c1-16-7-8-18-20(28)15-25(31-21(18)17(16)2)10-12-27(13-11-25)22(29)19(9-14-33-6)26-23(30)32-24(3,4)5/h7-8,19H,9-15H2,1-6H3,(H,26,30). The lowest BCUT2D eigenvalue weighted by Crippen LogP contribution is -2.56. The van der Waals surface area contributed by atoms with Crippen LogP contribution in [0.4, 0.5) is 4.79 Å². The van der Waals surface area contributed by atoms with Gasteiger partial charge in [-0.1, -0.05) is 6.07 Å². The number of hydrogen-bond acceptors (Lipinski definition) is 6. The fourth-order valence-electron chi connectivity index (χ4n) is 4.36. The molecule has 0 aromatic heterocycles. The number of ether oxygens (including phenoxy) is 2. The van der Waals surface area contributed by atoms with Crippen molar-refractivity contribution in [3.8, 4) is 5.75 Å². The fourth-order valence-corrected chi connectivity index (χ4v) is 4.83. The minimum Gasteiger partial charge on any atom is -0.486 e. The molecule has 1 unspecified atom stereocenters. The van der Waals surface area contributed by atoms with Gasteiger partial charge in [0.15, 0.2) is 5.78 Å². The van der Waals surface area contributed by atoms with Gasteiger partial charge in [-0.25, -0.2) is 4.79 Å². The molecule has 0 bridgehead atoms. The van der Waals surface area contributed by atoms with Crippen molar-refractivity contribution < 1.29 is 23.9 Å². The maximum absolute atomic E-state index is 13.3. The topological polar surface area (TPSA) is 84.9 Å². The third kappa shape index (κ3) is 6.02. The van der Waals surface area contributed by atoms with E-state index in [1.807, 2.05) is 32.2 Å². The number of amides is 2. The third-order valence-corrected chi connectivity index (χ3v) is 7.01. The maximum atomic E-state index is 13.3. The summed E-state index contributed by atoms with van der Waals surface area (Å²) in [5.74, 6) is 1.43.